The Balaban J connectivity index is 2.51. The van der Waals surface area contributed by atoms with Gasteiger partial charge < -0.3 is 4.74 Å². The summed E-state index contributed by atoms with van der Waals surface area (Å²) >= 11 is 16.1. The predicted molar refractivity (Wildman–Crippen MR) is 84.6 cm³/mol. The van der Waals surface area contributed by atoms with Gasteiger partial charge >= 0.3 is 0 Å². The molecule has 0 amide bonds. The largest absolute Gasteiger partial charge is 0.496 e. The van der Waals surface area contributed by atoms with E-state index in [0.717, 1.165) is 26.9 Å². The van der Waals surface area contributed by atoms with Crippen LogP contribution in [0.15, 0.2) is 40.9 Å². The highest BCUT2D eigenvalue weighted by Crippen LogP contribution is 2.38. The van der Waals surface area contributed by atoms with Crippen molar-refractivity contribution in [1.29, 1.82) is 0 Å². The normalized spacial score (nSPS) is 12.3. The lowest BCUT2D eigenvalue weighted by atomic mass is 9.99. The topological polar surface area (TPSA) is 9.23 Å². The van der Waals surface area contributed by atoms with Crippen LogP contribution in [0.5, 0.6) is 5.75 Å². The van der Waals surface area contributed by atoms with Crippen molar-refractivity contribution in [3.8, 4) is 5.75 Å². The molecule has 2 aromatic rings. The lowest BCUT2D eigenvalue weighted by molar-refractivity contribution is 0.410. The number of aryl methyl sites for hydroxylation is 1. The number of alkyl halides is 1. The number of benzene rings is 2. The van der Waals surface area contributed by atoms with Crippen LogP contribution in [-0.2, 0) is 0 Å². The summed E-state index contributed by atoms with van der Waals surface area (Å²) in [5.74, 6) is 0.740. The fourth-order valence-corrected chi connectivity index (χ4v) is 2.92. The van der Waals surface area contributed by atoms with Crippen molar-refractivity contribution in [3.63, 3.8) is 0 Å². The lowest BCUT2D eigenvalue weighted by Crippen LogP contribution is -1.99. The average Bonchev–Trinajstić information content (AvgIpc) is 2.40. The molecule has 0 radical (unpaired) electrons. The minimum absolute atomic E-state index is 0.300. The number of methoxy groups -OCH3 is 1. The van der Waals surface area contributed by atoms with Gasteiger partial charge in [-0.2, -0.15) is 0 Å². The zero-order valence-corrected chi connectivity index (χ0v) is 13.7. The van der Waals surface area contributed by atoms with Crippen molar-refractivity contribution >= 4 is 39.1 Å². The molecule has 0 spiro atoms. The molecular formula is C15H13BrCl2O. The summed E-state index contributed by atoms with van der Waals surface area (Å²) in [6.07, 6.45) is 0. The second-order valence-electron chi connectivity index (χ2n) is 4.25. The first kappa shape index (κ1) is 14.7. The van der Waals surface area contributed by atoms with E-state index in [0.29, 0.717) is 5.02 Å². The van der Waals surface area contributed by atoms with Crippen LogP contribution in [0.3, 0.4) is 0 Å². The number of halogens is 3. The van der Waals surface area contributed by atoms with E-state index < -0.39 is 0 Å². The van der Waals surface area contributed by atoms with Gasteiger partial charge in [-0.05, 0) is 48.4 Å². The third-order valence-electron chi connectivity index (χ3n) is 2.98. The first-order chi connectivity index (χ1) is 9.02. The molecule has 0 aliphatic carbocycles. The van der Waals surface area contributed by atoms with Gasteiger partial charge in [0.15, 0.2) is 0 Å². The van der Waals surface area contributed by atoms with E-state index in [1.807, 2.05) is 37.3 Å². The molecular weight excluding hydrogens is 347 g/mol. The summed E-state index contributed by atoms with van der Waals surface area (Å²) in [6.45, 7) is 2.04. The molecule has 0 bridgehead atoms. The molecule has 0 saturated carbocycles. The Hall–Kier alpha value is -0.700. The van der Waals surface area contributed by atoms with Crippen LogP contribution in [0.25, 0.3) is 0 Å². The molecule has 0 aliphatic rings. The van der Waals surface area contributed by atoms with E-state index in [1.165, 1.54) is 0 Å². The quantitative estimate of drug-likeness (QED) is 0.634. The number of hydrogen-bond acceptors (Lipinski definition) is 1. The Morgan fingerprint density at radius 2 is 1.84 bits per heavy atom. The number of ether oxygens (including phenoxy) is 1. The zero-order chi connectivity index (χ0) is 14.0. The summed E-state index contributed by atoms with van der Waals surface area (Å²) in [7, 11) is 1.63. The second kappa shape index (κ2) is 6.17. The molecule has 1 atom stereocenters. The Morgan fingerprint density at radius 1 is 1.11 bits per heavy atom. The molecule has 0 fully saturated rings. The van der Waals surface area contributed by atoms with E-state index in [2.05, 4.69) is 15.9 Å². The molecule has 1 unspecified atom stereocenters. The lowest BCUT2D eigenvalue weighted by Gasteiger charge is -2.17. The van der Waals surface area contributed by atoms with E-state index in [9.17, 15) is 0 Å². The van der Waals surface area contributed by atoms with Crippen molar-refractivity contribution in [2.24, 2.45) is 0 Å². The summed E-state index contributed by atoms with van der Waals surface area (Å²) in [6, 6.07) is 11.5. The minimum Gasteiger partial charge on any atom is -0.496 e. The van der Waals surface area contributed by atoms with Gasteiger partial charge in [-0.15, -0.1) is 11.6 Å². The Kier molecular flexibility index (Phi) is 4.77. The Labute approximate surface area is 131 Å². The van der Waals surface area contributed by atoms with Crippen LogP contribution in [0.2, 0.25) is 5.02 Å². The maximum absolute atomic E-state index is 6.61. The summed E-state index contributed by atoms with van der Waals surface area (Å²) in [5, 5.41) is 0.347. The van der Waals surface area contributed by atoms with E-state index in [1.54, 1.807) is 13.2 Å². The van der Waals surface area contributed by atoms with Gasteiger partial charge in [-0.3, -0.25) is 0 Å². The second-order valence-corrected chi connectivity index (χ2v) is 6.04. The molecule has 19 heavy (non-hydrogen) atoms. The zero-order valence-electron chi connectivity index (χ0n) is 10.6. The van der Waals surface area contributed by atoms with Crippen molar-refractivity contribution in [1.82, 2.24) is 0 Å². The standard InChI is InChI=1S/C15H13BrCl2O/c1-9-3-4-10(16)7-12(9)15(18)13-8-11(17)5-6-14(13)19-2/h3-8,15H,1-2H3. The van der Waals surface area contributed by atoms with Crippen LogP contribution in [0, 0.1) is 6.92 Å². The molecule has 2 aromatic carbocycles. The summed E-state index contributed by atoms with van der Waals surface area (Å²) < 4.78 is 6.36. The van der Waals surface area contributed by atoms with Crippen LogP contribution in [0.1, 0.15) is 22.1 Å². The van der Waals surface area contributed by atoms with Gasteiger partial charge in [-0.1, -0.05) is 33.6 Å². The van der Waals surface area contributed by atoms with Crippen LogP contribution < -0.4 is 4.74 Å². The monoisotopic (exact) mass is 358 g/mol. The summed E-state index contributed by atoms with van der Waals surface area (Å²) in [5.41, 5.74) is 3.04. The Bertz CT molecular complexity index is 599. The van der Waals surface area contributed by atoms with E-state index in [4.69, 9.17) is 27.9 Å². The van der Waals surface area contributed by atoms with Crippen molar-refractivity contribution in [2.45, 2.75) is 12.3 Å². The van der Waals surface area contributed by atoms with Crippen molar-refractivity contribution < 1.29 is 4.74 Å². The fourth-order valence-electron chi connectivity index (χ4n) is 1.96. The summed E-state index contributed by atoms with van der Waals surface area (Å²) in [4.78, 5) is 0. The van der Waals surface area contributed by atoms with Crippen LogP contribution in [-0.4, -0.2) is 7.11 Å². The van der Waals surface area contributed by atoms with Gasteiger partial charge in [0.25, 0.3) is 0 Å². The minimum atomic E-state index is -0.300. The molecule has 0 saturated heterocycles. The van der Waals surface area contributed by atoms with Crippen LogP contribution in [0.4, 0.5) is 0 Å². The molecule has 0 aromatic heterocycles. The fraction of sp³-hybridized carbons (Fsp3) is 0.200. The molecule has 0 aliphatic heterocycles. The number of rotatable bonds is 3. The first-order valence-electron chi connectivity index (χ1n) is 5.76. The van der Waals surface area contributed by atoms with Gasteiger partial charge in [0.1, 0.15) is 5.75 Å². The van der Waals surface area contributed by atoms with E-state index >= 15 is 0 Å². The maximum Gasteiger partial charge on any atom is 0.123 e. The SMILES string of the molecule is COc1ccc(Cl)cc1C(Cl)c1cc(Br)ccc1C. The first-order valence-corrected chi connectivity index (χ1v) is 7.37. The average molecular weight is 360 g/mol. The highest BCUT2D eigenvalue weighted by atomic mass is 79.9. The Morgan fingerprint density at radius 3 is 2.53 bits per heavy atom. The van der Waals surface area contributed by atoms with Crippen LogP contribution >= 0.6 is 39.1 Å². The third-order valence-corrected chi connectivity index (χ3v) is 4.18. The van der Waals surface area contributed by atoms with Gasteiger partial charge in [-0.25, -0.2) is 0 Å². The number of hydrogen-bond donors (Lipinski definition) is 0. The van der Waals surface area contributed by atoms with Gasteiger partial charge in [0, 0.05) is 15.1 Å². The molecule has 0 N–H and O–H groups in total. The smallest absolute Gasteiger partial charge is 0.123 e. The van der Waals surface area contributed by atoms with Crippen molar-refractivity contribution in [2.75, 3.05) is 7.11 Å². The predicted octanol–water partition coefficient (Wildman–Crippen LogP) is 5.75. The highest BCUT2D eigenvalue weighted by molar-refractivity contribution is 9.10. The molecule has 2 rings (SSSR count). The molecule has 0 heterocycles. The molecule has 4 heteroatoms. The molecule has 1 nitrogen and oxygen atoms in total. The highest BCUT2D eigenvalue weighted by Gasteiger charge is 2.18. The molecule has 100 valence electrons. The van der Waals surface area contributed by atoms with Gasteiger partial charge in [0.05, 0.1) is 12.5 Å². The van der Waals surface area contributed by atoms with Gasteiger partial charge in [0.2, 0.25) is 0 Å². The maximum atomic E-state index is 6.61. The van der Waals surface area contributed by atoms with Crippen molar-refractivity contribution in [3.05, 3.63) is 62.6 Å². The third kappa shape index (κ3) is 3.25. The van der Waals surface area contributed by atoms with E-state index in [-0.39, 0.29) is 5.38 Å².